The molecule has 1 aliphatic carbocycles. The van der Waals surface area contributed by atoms with Crippen molar-refractivity contribution in [1.29, 1.82) is 0 Å². The highest BCUT2D eigenvalue weighted by atomic mass is 19.4. The van der Waals surface area contributed by atoms with Gasteiger partial charge in [-0.1, -0.05) is 37.6 Å². The van der Waals surface area contributed by atoms with E-state index in [1.165, 1.54) is 24.3 Å². The van der Waals surface area contributed by atoms with E-state index in [0.29, 0.717) is 18.4 Å². The number of hydrogen-bond acceptors (Lipinski definition) is 2. The Morgan fingerprint density at radius 1 is 0.789 bits per heavy atom. The number of aryl methyl sites for hydroxylation is 1. The molecule has 1 aliphatic rings. The Bertz CT molecular complexity index is 1260. The van der Waals surface area contributed by atoms with E-state index in [1.54, 1.807) is 12.1 Å². The zero-order valence-electron chi connectivity index (χ0n) is 20.7. The lowest BCUT2D eigenvalue weighted by Crippen LogP contribution is -2.20. The van der Waals surface area contributed by atoms with Gasteiger partial charge in [0.2, 0.25) is 5.82 Å². The summed E-state index contributed by atoms with van der Waals surface area (Å²) in [5, 5.41) is 0. The van der Waals surface area contributed by atoms with Crippen LogP contribution in [0, 0.1) is 29.2 Å². The predicted molar refractivity (Wildman–Crippen MR) is 129 cm³/mol. The lowest BCUT2D eigenvalue weighted by Gasteiger charge is -2.29. The van der Waals surface area contributed by atoms with E-state index in [-0.39, 0.29) is 35.3 Å². The largest absolute Gasteiger partial charge is 0.573 e. The van der Waals surface area contributed by atoms with Crippen LogP contribution in [0.1, 0.15) is 56.1 Å². The van der Waals surface area contributed by atoms with E-state index in [1.807, 2.05) is 6.92 Å². The Kier molecular flexibility index (Phi) is 8.53. The maximum atomic E-state index is 14.9. The van der Waals surface area contributed by atoms with Gasteiger partial charge in [0.15, 0.2) is 23.1 Å². The second kappa shape index (κ2) is 11.7. The fourth-order valence-corrected chi connectivity index (χ4v) is 4.91. The van der Waals surface area contributed by atoms with E-state index < -0.39 is 35.4 Å². The van der Waals surface area contributed by atoms with Gasteiger partial charge in [-0.3, -0.25) is 0 Å². The summed E-state index contributed by atoms with van der Waals surface area (Å²) in [6.07, 6.45) is -0.855. The number of hydrogen-bond donors (Lipinski definition) is 0. The van der Waals surface area contributed by atoms with Crippen LogP contribution in [0.5, 0.6) is 11.5 Å². The van der Waals surface area contributed by atoms with Crippen molar-refractivity contribution in [3.8, 4) is 22.6 Å². The Morgan fingerprint density at radius 3 is 2.13 bits per heavy atom. The first-order valence-electron chi connectivity index (χ1n) is 12.5. The molecule has 0 aromatic heterocycles. The summed E-state index contributed by atoms with van der Waals surface area (Å²) < 4.78 is 104. The monoisotopic (exact) mass is 540 g/mol. The normalized spacial score (nSPS) is 17.9. The highest BCUT2D eigenvalue weighted by molar-refractivity contribution is 5.65. The van der Waals surface area contributed by atoms with Gasteiger partial charge in [0.25, 0.3) is 0 Å². The van der Waals surface area contributed by atoms with Gasteiger partial charge in [0.1, 0.15) is 5.82 Å². The van der Waals surface area contributed by atoms with Crippen molar-refractivity contribution in [3.05, 3.63) is 82.9 Å². The van der Waals surface area contributed by atoms with Crippen LogP contribution in [-0.4, -0.2) is 13.0 Å². The first-order valence-corrected chi connectivity index (χ1v) is 12.5. The third-order valence-electron chi connectivity index (χ3n) is 6.90. The molecule has 0 radical (unpaired) electrons. The molecule has 204 valence electrons. The van der Waals surface area contributed by atoms with E-state index in [9.17, 15) is 30.7 Å². The van der Waals surface area contributed by atoms with Crippen LogP contribution in [0.25, 0.3) is 11.1 Å². The van der Waals surface area contributed by atoms with Crippen LogP contribution in [0.15, 0.2) is 48.5 Å². The topological polar surface area (TPSA) is 18.5 Å². The number of ether oxygens (including phenoxy) is 2. The summed E-state index contributed by atoms with van der Waals surface area (Å²) in [4.78, 5) is 0. The van der Waals surface area contributed by atoms with Crippen molar-refractivity contribution in [3.63, 3.8) is 0 Å². The molecule has 1 fully saturated rings. The molecule has 38 heavy (non-hydrogen) atoms. The molecule has 4 rings (SSSR count). The van der Waals surface area contributed by atoms with Gasteiger partial charge in [0.05, 0.1) is 6.61 Å². The molecule has 1 saturated carbocycles. The van der Waals surface area contributed by atoms with Gasteiger partial charge in [0, 0.05) is 5.56 Å². The maximum absolute atomic E-state index is 14.9. The lowest BCUT2D eigenvalue weighted by molar-refractivity contribution is -0.275. The minimum atomic E-state index is -5.03. The Morgan fingerprint density at radius 2 is 1.50 bits per heavy atom. The SMILES string of the molecule is CCCc1ccc(OCC2CCC(c3ccc(-c4ccc(OC(F)(F)F)c(F)c4)c(F)c3)CC2)c(F)c1F. The molecule has 0 unspecified atom stereocenters. The Hall–Kier alpha value is -3.23. The average Bonchev–Trinajstić information content (AvgIpc) is 2.87. The molecule has 2 nitrogen and oxygen atoms in total. The minimum Gasteiger partial charge on any atom is -0.490 e. The van der Waals surface area contributed by atoms with Crippen LogP contribution in [-0.2, 0) is 6.42 Å². The maximum Gasteiger partial charge on any atom is 0.573 e. The number of alkyl halides is 3. The third-order valence-corrected chi connectivity index (χ3v) is 6.90. The molecule has 3 aromatic rings. The summed E-state index contributed by atoms with van der Waals surface area (Å²) >= 11 is 0. The first kappa shape index (κ1) is 27.8. The van der Waals surface area contributed by atoms with Crippen molar-refractivity contribution in [2.75, 3.05) is 6.61 Å². The van der Waals surface area contributed by atoms with E-state index in [2.05, 4.69) is 4.74 Å². The fraction of sp³-hybridized carbons (Fsp3) is 0.379. The predicted octanol–water partition coefficient (Wildman–Crippen LogP) is 9.11. The van der Waals surface area contributed by atoms with Gasteiger partial charge in [-0.25, -0.2) is 13.2 Å². The van der Waals surface area contributed by atoms with Gasteiger partial charge in [-0.15, -0.1) is 13.2 Å². The second-order valence-corrected chi connectivity index (χ2v) is 9.56. The average molecular weight is 541 g/mol. The molecule has 0 bridgehead atoms. The molecule has 0 spiro atoms. The van der Waals surface area contributed by atoms with Crippen molar-refractivity contribution in [2.45, 2.75) is 57.7 Å². The van der Waals surface area contributed by atoms with Crippen LogP contribution >= 0.6 is 0 Å². The lowest BCUT2D eigenvalue weighted by atomic mass is 9.78. The van der Waals surface area contributed by atoms with E-state index in [4.69, 9.17) is 4.74 Å². The fourth-order valence-electron chi connectivity index (χ4n) is 4.91. The van der Waals surface area contributed by atoms with E-state index in [0.717, 1.165) is 43.4 Å². The molecule has 0 atom stereocenters. The quantitative estimate of drug-likeness (QED) is 0.265. The molecule has 3 aromatic carbocycles. The molecule has 0 aliphatic heterocycles. The molecule has 0 N–H and O–H groups in total. The Balaban J connectivity index is 1.35. The van der Waals surface area contributed by atoms with Gasteiger partial charge >= 0.3 is 6.36 Å². The van der Waals surface area contributed by atoms with Gasteiger partial charge < -0.3 is 9.47 Å². The van der Waals surface area contributed by atoms with Crippen molar-refractivity contribution < 1.29 is 40.2 Å². The second-order valence-electron chi connectivity index (χ2n) is 9.56. The van der Waals surface area contributed by atoms with Crippen LogP contribution < -0.4 is 9.47 Å². The zero-order chi connectivity index (χ0) is 27.4. The summed E-state index contributed by atoms with van der Waals surface area (Å²) in [5.74, 6) is -4.55. The highest BCUT2D eigenvalue weighted by Gasteiger charge is 2.32. The standard InChI is InChI=1S/C29H27F7O2/c1-2-3-19-9-13-26(28(33)27(19)32)37-16-17-4-6-18(7-5-17)20-8-11-22(23(30)14-20)21-10-12-25(24(31)15-21)38-29(34,35)36/h8-15,17-18H,2-7,16H2,1H3. The summed E-state index contributed by atoms with van der Waals surface area (Å²) in [5.41, 5.74) is 1.25. The highest BCUT2D eigenvalue weighted by Crippen LogP contribution is 2.38. The zero-order valence-corrected chi connectivity index (χ0v) is 20.7. The summed E-state index contributed by atoms with van der Waals surface area (Å²) in [6.45, 7) is 2.14. The van der Waals surface area contributed by atoms with Crippen molar-refractivity contribution in [2.24, 2.45) is 5.92 Å². The Labute approximate surface area is 216 Å². The molecule has 9 heteroatoms. The van der Waals surface area contributed by atoms with Crippen LogP contribution in [0.3, 0.4) is 0 Å². The number of benzene rings is 3. The first-order chi connectivity index (χ1) is 18.1. The van der Waals surface area contributed by atoms with Crippen LogP contribution in [0.4, 0.5) is 30.7 Å². The molecule has 0 saturated heterocycles. The smallest absolute Gasteiger partial charge is 0.490 e. The minimum absolute atomic E-state index is 0.0625. The summed E-state index contributed by atoms with van der Waals surface area (Å²) in [6, 6.07) is 10.4. The number of halogens is 7. The third kappa shape index (κ3) is 6.60. The molecule has 0 heterocycles. The van der Waals surface area contributed by atoms with Gasteiger partial charge in [-0.05, 0) is 84.9 Å². The molecular weight excluding hydrogens is 513 g/mol. The molecule has 0 amide bonds. The van der Waals surface area contributed by atoms with E-state index >= 15 is 0 Å². The van der Waals surface area contributed by atoms with Crippen molar-refractivity contribution >= 4 is 0 Å². The van der Waals surface area contributed by atoms with Crippen molar-refractivity contribution in [1.82, 2.24) is 0 Å². The molecular formula is C29H27F7O2. The van der Waals surface area contributed by atoms with Crippen LogP contribution in [0.2, 0.25) is 0 Å². The van der Waals surface area contributed by atoms with Gasteiger partial charge in [-0.2, -0.15) is 4.39 Å². The number of rotatable bonds is 8. The summed E-state index contributed by atoms with van der Waals surface area (Å²) in [7, 11) is 0.